The largest absolute Gasteiger partial charge is 0.357 e. The van der Waals surface area contributed by atoms with Crippen LogP contribution in [-0.2, 0) is 29.2 Å². The molecule has 1 fully saturated rings. The van der Waals surface area contributed by atoms with Crippen LogP contribution < -0.4 is 10.6 Å². The number of hydrogen-bond acceptors (Lipinski definition) is 4. The Kier molecular flexibility index (Phi) is 7.03. The minimum Gasteiger partial charge on any atom is -0.357 e. The third kappa shape index (κ3) is 5.29. The van der Waals surface area contributed by atoms with E-state index in [4.69, 9.17) is 0 Å². The summed E-state index contributed by atoms with van der Waals surface area (Å²) in [5.74, 6) is 0.805. The summed E-state index contributed by atoms with van der Waals surface area (Å²) in [5.41, 5.74) is 3.95. The van der Waals surface area contributed by atoms with Crippen LogP contribution in [-0.4, -0.2) is 55.3 Å². The molecule has 0 bridgehead atoms. The van der Waals surface area contributed by atoms with Gasteiger partial charge in [-0.3, -0.25) is 14.5 Å². The van der Waals surface area contributed by atoms with Crippen molar-refractivity contribution in [3.05, 3.63) is 34.9 Å². The molecule has 2 aliphatic heterocycles. The van der Waals surface area contributed by atoms with E-state index in [0.717, 1.165) is 64.6 Å². The molecule has 0 spiro atoms. The maximum Gasteiger partial charge on any atom is 0.210 e. The van der Waals surface area contributed by atoms with E-state index in [0.29, 0.717) is 6.54 Å². The summed E-state index contributed by atoms with van der Waals surface area (Å²) in [7, 11) is 0. The second kappa shape index (κ2) is 9.69. The van der Waals surface area contributed by atoms with Gasteiger partial charge in [0.05, 0.1) is 0 Å². The van der Waals surface area contributed by atoms with Gasteiger partial charge < -0.3 is 15.5 Å². The molecule has 0 aliphatic carbocycles. The number of carbonyl (C=O) groups excluding carboxylic acids is 2. The molecule has 1 saturated heterocycles. The Labute approximate surface area is 155 Å². The van der Waals surface area contributed by atoms with E-state index in [-0.39, 0.29) is 0 Å². The van der Waals surface area contributed by atoms with Crippen LogP contribution in [0.1, 0.15) is 36.0 Å². The first-order valence-corrected chi connectivity index (χ1v) is 9.68. The van der Waals surface area contributed by atoms with Gasteiger partial charge in [-0.1, -0.05) is 18.2 Å². The van der Waals surface area contributed by atoms with Crippen LogP contribution in [0.4, 0.5) is 0 Å². The molecule has 26 heavy (non-hydrogen) atoms. The zero-order valence-electron chi connectivity index (χ0n) is 15.5. The summed E-state index contributed by atoms with van der Waals surface area (Å²) < 4.78 is 0. The third-order valence-corrected chi connectivity index (χ3v) is 5.54. The van der Waals surface area contributed by atoms with E-state index in [9.17, 15) is 9.59 Å². The average Bonchev–Trinajstić information content (AvgIpc) is 3.08. The summed E-state index contributed by atoms with van der Waals surface area (Å²) >= 11 is 0. The van der Waals surface area contributed by atoms with Gasteiger partial charge in [-0.25, -0.2) is 0 Å². The molecule has 0 atom stereocenters. The molecule has 0 unspecified atom stereocenters. The monoisotopic (exact) mass is 358 g/mol. The number of hydrogen-bond donors (Lipinski definition) is 2. The fraction of sp³-hybridized carbons (Fsp3) is 0.600. The lowest BCUT2D eigenvalue weighted by molar-refractivity contribution is -0.118. The summed E-state index contributed by atoms with van der Waals surface area (Å²) in [4.78, 5) is 25.5. The Hall–Kier alpha value is -1.92. The van der Waals surface area contributed by atoms with Crippen molar-refractivity contribution in [2.24, 2.45) is 5.92 Å². The van der Waals surface area contributed by atoms with Crippen LogP contribution in [0.5, 0.6) is 0 Å². The summed E-state index contributed by atoms with van der Waals surface area (Å²) in [5, 5.41) is 6.05. The maximum absolute atomic E-state index is 10.9. The van der Waals surface area contributed by atoms with Gasteiger partial charge in [0.2, 0.25) is 12.8 Å². The Balaban J connectivity index is 1.36. The van der Waals surface area contributed by atoms with E-state index in [1.165, 1.54) is 36.0 Å². The Morgan fingerprint density at radius 3 is 2.62 bits per heavy atom. The van der Waals surface area contributed by atoms with Crippen LogP contribution >= 0.6 is 0 Å². The standard InChI is InChI=1S/C20H30N4O2/c25-15-22-8-7-21-6-3-17-4-9-23(10-5-17)12-18-1-2-19-13-24(16-26)14-20(19)11-18/h1-2,11,15-17,21H,3-10,12-14H2,(H,22,25). The number of piperidine rings is 1. The van der Waals surface area contributed by atoms with Gasteiger partial charge in [-0.05, 0) is 61.5 Å². The van der Waals surface area contributed by atoms with E-state index < -0.39 is 0 Å². The van der Waals surface area contributed by atoms with E-state index in [2.05, 4.69) is 33.7 Å². The number of benzene rings is 1. The van der Waals surface area contributed by atoms with Crippen molar-refractivity contribution < 1.29 is 9.59 Å². The van der Waals surface area contributed by atoms with Gasteiger partial charge in [0.15, 0.2) is 0 Å². The van der Waals surface area contributed by atoms with Crippen LogP contribution in [0.25, 0.3) is 0 Å². The number of nitrogens with zero attached hydrogens (tertiary/aromatic N) is 2. The number of likely N-dealkylation sites (tertiary alicyclic amines) is 1. The zero-order chi connectivity index (χ0) is 18.2. The molecule has 2 N–H and O–H groups in total. The summed E-state index contributed by atoms with van der Waals surface area (Å²) in [6.45, 7) is 7.42. The number of rotatable bonds is 10. The van der Waals surface area contributed by atoms with Crippen molar-refractivity contribution in [2.45, 2.75) is 38.9 Å². The van der Waals surface area contributed by atoms with Crippen molar-refractivity contribution in [2.75, 3.05) is 32.7 Å². The average molecular weight is 358 g/mol. The van der Waals surface area contributed by atoms with E-state index >= 15 is 0 Å². The Morgan fingerprint density at radius 1 is 1.04 bits per heavy atom. The lowest BCUT2D eigenvalue weighted by Gasteiger charge is -2.32. The predicted octanol–water partition coefficient (Wildman–Crippen LogP) is 1.10. The van der Waals surface area contributed by atoms with Gasteiger partial charge in [0, 0.05) is 32.7 Å². The number of carbonyl (C=O) groups is 2. The molecule has 0 radical (unpaired) electrons. The van der Waals surface area contributed by atoms with E-state index in [1.807, 2.05) is 4.90 Å². The van der Waals surface area contributed by atoms with Gasteiger partial charge >= 0.3 is 0 Å². The van der Waals surface area contributed by atoms with Crippen LogP contribution in [0.3, 0.4) is 0 Å². The molecular weight excluding hydrogens is 328 g/mol. The maximum atomic E-state index is 10.9. The third-order valence-electron chi connectivity index (χ3n) is 5.54. The molecule has 0 aromatic heterocycles. The van der Waals surface area contributed by atoms with Gasteiger partial charge in [-0.15, -0.1) is 0 Å². The molecule has 1 aromatic rings. The minimum absolute atomic E-state index is 0.702. The smallest absolute Gasteiger partial charge is 0.210 e. The molecule has 6 heteroatoms. The normalized spacial score (nSPS) is 17.9. The highest BCUT2D eigenvalue weighted by Gasteiger charge is 2.21. The number of fused-ring (bicyclic) bond motifs is 1. The van der Waals surface area contributed by atoms with E-state index in [1.54, 1.807) is 0 Å². The van der Waals surface area contributed by atoms with Gasteiger partial charge in [0.25, 0.3) is 0 Å². The first-order valence-electron chi connectivity index (χ1n) is 9.68. The molecule has 6 nitrogen and oxygen atoms in total. The van der Waals surface area contributed by atoms with Crippen molar-refractivity contribution in [3.8, 4) is 0 Å². The molecule has 2 heterocycles. The highest BCUT2D eigenvalue weighted by molar-refractivity contribution is 5.51. The lowest BCUT2D eigenvalue weighted by Crippen LogP contribution is -2.34. The fourth-order valence-corrected chi connectivity index (χ4v) is 3.99. The molecule has 3 rings (SSSR count). The quantitative estimate of drug-likeness (QED) is 0.486. The SMILES string of the molecule is O=CNCCNCCC1CCN(Cc2ccc3c(c2)CN(C=O)C3)CC1. The summed E-state index contributed by atoms with van der Waals surface area (Å²) in [6, 6.07) is 6.69. The van der Waals surface area contributed by atoms with Crippen LogP contribution in [0.15, 0.2) is 18.2 Å². The predicted molar refractivity (Wildman–Crippen MR) is 101 cm³/mol. The number of nitrogens with one attached hydrogen (secondary N) is 2. The van der Waals surface area contributed by atoms with Crippen molar-refractivity contribution in [1.29, 1.82) is 0 Å². The zero-order valence-corrected chi connectivity index (χ0v) is 15.5. The molecular formula is C20H30N4O2. The molecule has 0 saturated carbocycles. The van der Waals surface area contributed by atoms with Crippen LogP contribution in [0, 0.1) is 5.92 Å². The molecule has 1 aromatic carbocycles. The second-order valence-electron chi connectivity index (χ2n) is 7.44. The van der Waals surface area contributed by atoms with Crippen molar-refractivity contribution in [1.82, 2.24) is 20.4 Å². The molecule has 2 aliphatic rings. The minimum atomic E-state index is 0.702. The van der Waals surface area contributed by atoms with Crippen LogP contribution in [0.2, 0.25) is 0 Å². The Bertz CT molecular complexity index is 599. The topological polar surface area (TPSA) is 64.7 Å². The Morgan fingerprint density at radius 2 is 1.85 bits per heavy atom. The molecule has 142 valence electrons. The highest BCUT2D eigenvalue weighted by Crippen LogP contribution is 2.25. The van der Waals surface area contributed by atoms with Gasteiger partial charge in [-0.2, -0.15) is 0 Å². The van der Waals surface area contributed by atoms with Crippen molar-refractivity contribution >= 4 is 12.8 Å². The fourth-order valence-electron chi connectivity index (χ4n) is 3.99. The first kappa shape index (κ1) is 18.9. The second-order valence-corrected chi connectivity index (χ2v) is 7.44. The highest BCUT2D eigenvalue weighted by atomic mass is 16.1. The summed E-state index contributed by atoms with van der Waals surface area (Å²) in [6.07, 6.45) is 5.43. The number of amides is 2. The van der Waals surface area contributed by atoms with Gasteiger partial charge in [0.1, 0.15) is 0 Å². The van der Waals surface area contributed by atoms with Crippen molar-refractivity contribution in [3.63, 3.8) is 0 Å². The molecule has 2 amide bonds. The lowest BCUT2D eigenvalue weighted by atomic mass is 9.93. The first-order chi connectivity index (χ1) is 12.8.